The lowest BCUT2D eigenvalue weighted by atomic mass is 10.2. The number of hydrogen-bond donors (Lipinski definition) is 1. The Balaban J connectivity index is 2.20. The van der Waals surface area contributed by atoms with Crippen LogP contribution in [0.2, 0.25) is 5.15 Å². The van der Waals surface area contributed by atoms with E-state index < -0.39 is 10.0 Å². The summed E-state index contributed by atoms with van der Waals surface area (Å²) in [7, 11) is -3.52. The van der Waals surface area contributed by atoms with Crippen molar-refractivity contribution in [1.29, 1.82) is 0 Å². The van der Waals surface area contributed by atoms with E-state index in [-0.39, 0.29) is 10.9 Å². The Morgan fingerprint density at radius 1 is 1.37 bits per heavy atom. The highest BCUT2D eigenvalue weighted by Crippen LogP contribution is 2.27. The van der Waals surface area contributed by atoms with E-state index in [0.29, 0.717) is 10.7 Å². The third-order valence-electron chi connectivity index (χ3n) is 3.13. The number of rotatable bonds is 3. The van der Waals surface area contributed by atoms with Crippen LogP contribution < -0.4 is 4.72 Å². The smallest absolute Gasteiger partial charge is 0.234 e. The van der Waals surface area contributed by atoms with Crippen molar-refractivity contribution in [2.24, 2.45) is 0 Å². The minimum Gasteiger partial charge on any atom is -0.234 e. The number of pyridine rings is 1. The van der Waals surface area contributed by atoms with Crippen molar-refractivity contribution in [3.8, 4) is 0 Å². The van der Waals surface area contributed by atoms with Crippen LogP contribution in [0.15, 0.2) is 29.2 Å². The molecule has 0 atom stereocenters. The van der Waals surface area contributed by atoms with Gasteiger partial charge in [-0.1, -0.05) is 23.7 Å². The number of benzene rings is 1. The Bertz CT molecular complexity index is 755. The lowest BCUT2D eigenvalue weighted by Gasteiger charge is -2.09. The number of aryl methyl sites for hydroxylation is 1. The molecule has 1 saturated carbocycles. The van der Waals surface area contributed by atoms with E-state index in [2.05, 4.69) is 9.71 Å². The molecule has 3 rings (SSSR count). The zero-order valence-corrected chi connectivity index (χ0v) is 11.9. The zero-order valence-electron chi connectivity index (χ0n) is 10.4. The van der Waals surface area contributed by atoms with E-state index in [1.54, 1.807) is 12.1 Å². The molecule has 6 heteroatoms. The topological polar surface area (TPSA) is 59.1 Å². The van der Waals surface area contributed by atoms with E-state index in [1.165, 1.54) is 0 Å². The second-order valence-corrected chi connectivity index (χ2v) is 6.86. The zero-order chi connectivity index (χ0) is 13.6. The van der Waals surface area contributed by atoms with E-state index in [1.807, 2.05) is 19.1 Å². The Morgan fingerprint density at radius 3 is 2.79 bits per heavy atom. The van der Waals surface area contributed by atoms with Gasteiger partial charge in [-0.05, 0) is 37.5 Å². The van der Waals surface area contributed by atoms with E-state index in [0.717, 1.165) is 23.8 Å². The molecule has 100 valence electrons. The summed E-state index contributed by atoms with van der Waals surface area (Å²) in [6.45, 7) is 1.85. The molecular weight excluding hydrogens is 284 g/mol. The van der Waals surface area contributed by atoms with Crippen LogP contribution >= 0.6 is 11.6 Å². The molecule has 1 heterocycles. The standard InChI is InChI=1S/C13H13ClN2O2S/c1-8-7-9-3-2-4-11(12(9)15-13(8)14)19(17,18)16-10-5-6-10/h2-4,7,10,16H,5-6H2,1H3. The van der Waals surface area contributed by atoms with Crippen LogP contribution in [0, 0.1) is 6.92 Å². The van der Waals surface area contributed by atoms with Gasteiger partial charge in [-0.25, -0.2) is 18.1 Å². The van der Waals surface area contributed by atoms with Gasteiger partial charge in [-0.15, -0.1) is 0 Å². The molecule has 4 nitrogen and oxygen atoms in total. The number of sulfonamides is 1. The molecule has 0 aliphatic heterocycles. The fourth-order valence-electron chi connectivity index (χ4n) is 1.96. The summed E-state index contributed by atoms with van der Waals surface area (Å²) in [6, 6.07) is 7.04. The average Bonchev–Trinajstić information content (AvgIpc) is 3.13. The quantitative estimate of drug-likeness (QED) is 0.886. The van der Waals surface area contributed by atoms with Crippen LogP contribution in [0.1, 0.15) is 18.4 Å². The molecule has 1 aromatic carbocycles. The van der Waals surface area contributed by atoms with Crippen LogP contribution in [0.5, 0.6) is 0 Å². The Labute approximate surface area is 116 Å². The molecule has 0 amide bonds. The van der Waals surface area contributed by atoms with E-state index >= 15 is 0 Å². The van der Waals surface area contributed by atoms with Gasteiger partial charge in [0.25, 0.3) is 0 Å². The number of nitrogens with zero attached hydrogens (tertiary/aromatic N) is 1. The van der Waals surface area contributed by atoms with Crippen LogP contribution in [0.4, 0.5) is 0 Å². The first-order valence-corrected chi connectivity index (χ1v) is 7.92. The van der Waals surface area contributed by atoms with Gasteiger partial charge in [-0.2, -0.15) is 0 Å². The Hall–Kier alpha value is -1.17. The monoisotopic (exact) mass is 296 g/mol. The van der Waals surface area contributed by atoms with Crippen molar-refractivity contribution < 1.29 is 8.42 Å². The fraction of sp³-hybridized carbons (Fsp3) is 0.308. The summed E-state index contributed by atoms with van der Waals surface area (Å²) in [4.78, 5) is 4.41. The highest BCUT2D eigenvalue weighted by Gasteiger charge is 2.29. The van der Waals surface area contributed by atoms with E-state index in [4.69, 9.17) is 11.6 Å². The van der Waals surface area contributed by atoms with Crippen molar-refractivity contribution >= 4 is 32.5 Å². The van der Waals surface area contributed by atoms with Crippen LogP contribution in [0.3, 0.4) is 0 Å². The minimum atomic E-state index is -3.52. The molecule has 0 bridgehead atoms. The predicted octanol–water partition coefficient (Wildman–Crippen LogP) is 2.64. The van der Waals surface area contributed by atoms with E-state index in [9.17, 15) is 8.42 Å². The first kappa shape index (κ1) is 12.8. The fourth-order valence-corrected chi connectivity index (χ4v) is 3.57. The Kier molecular flexibility index (Phi) is 3.00. The van der Waals surface area contributed by atoms with Crippen LogP contribution in [-0.4, -0.2) is 19.4 Å². The van der Waals surface area contributed by atoms with Gasteiger partial charge >= 0.3 is 0 Å². The molecular formula is C13H13ClN2O2S. The maximum Gasteiger partial charge on any atom is 0.242 e. The molecule has 1 fully saturated rings. The van der Waals surface area contributed by atoms with Gasteiger partial charge in [0.1, 0.15) is 10.0 Å². The number of hydrogen-bond acceptors (Lipinski definition) is 3. The maximum atomic E-state index is 12.3. The van der Waals surface area contributed by atoms with Crippen LogP contribution in [0.25, 0.3) is 10.9 Å². The summed E-state index contributed by atoms with van der Waals surface area (Å²) >= 11 is 6.00. The number of halogens is 1. The maximum absolute atomic E-state index is 12.3. The van der Waals surface area contributed by atoms with Gasteiger partial charge in [0.2, 0.25) is 10.0 Å². The van der Waals surface area contributed by atoms with Gasteiger partial charge < -0.3 is 0 Å². The van der Waals surface area contributed by atoms with Gasteiger partial charge in [0.05, 0.1) is 5.52 Å². The highest BCUT2D eigenvalue weighted by atomic mass is 35.5. The normalized spacial score (nSPS) is 15.9. The third kappa shape index (κ3) is 2.45. The average molecular weight is 297 g/mol. The molecule has 1 aliphatic carbocycles. The highest BCUT2D eigenvalue weighted by molar-refractivity contribution is 7.89. The van der Waals surface area contributed by atoms with Crippen LogP contribution in [-0.2, 0) is 10.0 Å². The van der Waals surface area contributed by atoms with Gasteiger partial charge in [0, 0.05) is 11.4 Å². The molecule has 2 aromatic rings. The van der Waals surface area contributed by atoms with Crippen molar-refractivity contribution in [2.75, 3.05) is 0 Å². The summed E-state index contributed by atoms with van der Waals surface area (Å²) in [5.74, 6) is 0. The molecule has 0 saturated heterocycles. The lowest BCUT2D eigenvalue weighted by Crippen LogP contribution is -2.26. The third-order valence-corrected chi connectivity index (χ3v) is 5.06. The number of nitrogens with one attached hydrogen (secondary N) is 1. The summed E-state index contributed by atoms with van der Waals surface area (Å²) in [5.41, 5.74) is 1.25. The second-order valence-electron chi connectivity index (χ2n) is 4.82. The summed E-state index contributed by atoms with van der Waals surface area (Å²) in [6.07, 6.45) is 1.80. The first-order chi connectivity index (χ1) is 8.97. The van der Waals surface area contributed by atoms with Crippen molar-refractivity contribution in [1.82, 2.24) is 9.71 Å². The predicted molar refractivity (Wildman–Crippen MR) is 74.8 cm³/mol. The number of aromatic nitrogens is 1. The molecule has 1 N–H and O–H groups in total. The van der Waals surface area contributed by atoms with Crippen molar-refractivity contribution in [3.05, 3.63) is 35.0 Å². The molecule has 1 aliphatic rings. The molecule has 19 heavy (non-hydrogen) atoms. The molecule has 0 radical (unpaired) electrons. The summed E-state index contributed by atoms with van der Waals surface area (Å²) in [5, 5.41) is 1.11. The van der Waals surface area contributed by atoms with Crippen molar-refractivity contribution in [3.63, 3.8) is 0 Å². The number of fused-ring (bicyclic) bond motifs is 1. The van der Waals surface area contributed by atoms with Gasteiger partial charge in [-0.3, -0.25) is 0 Å². The lowest BCUT2D eigenvalue weighted by molar-refractivity contribution is 0.582. The van der Waals surface area contributed by atoms with Gasteiger partial charge in [0.15, 0.2) is 0 Å². The first-order valence-electron chi connectivity index (χ1n) is 6.05. The van der Waals surface area contributed by atoms with Crippen molar-refractivity contribution in [2.45, 2.75) is 30.7 Å². The SMILES string of the molecule is Cc1cc2cccc(S(=O)(=O)NC3CC3)c2nc1Cl. The Morgan fingerprint density at radius 2 is 2.11 bits per heavy atom. The largest absolute Gasteiger partial charge is 0.242 e. The molecule has 0 unspecified atom stereocenters. The molecule has 1 aromatic heterocycles. The summed E-state index contributed by atoms with van der Waals surface area (Å²) < 4.78 is 27.3. The molecule has 0 spiro atoms. The second kappa shape index (κ2) is 4.44. The minimum absolute atomic E-state index is 0.0705. The number of para-hydroxylation sites is 1.